The molecule has 0 radical (unpaired) electrons. The van der Waals surface area contributed by atoms with Gasteiger partial charge >= 0.3 is 23.1 Å². The first-order chi connectivity index (χ1) is 16.9. The largest absolute Gasteiger partial charge is 0.462 e. The maximum absolute atomic E-state index is 12.0. The molecular formula is C27H48O6Si4. The molecule has 0 saturated heterocycles. The molecule has 1 unspecified atom stereocenters. The van der Waals surface area contributed by atoms with E-state index in [0.717, 1.165) is 30.1 Å². The number of allylic oxidation sites excluding steroid dienone is 1. The van der Waals surface area contributed by atoms with Crippen LogP contribution in [0.25, 0.3) is 0 Å². The molecule has 0 amide bonds. The molecule has 0 bridgehead atoms. The number of ether oxygens (including phenoxy) is 1. The lowest BCUT2D eigenvalue weighted by Gasteiger charge is -2.42. The zero-order valence-corrected chi connectivity index (χ0v) is 28.5. The Morgan fingerprint density at radius 2 is 1.30 bits per heavy atom. The second-order valence-electron chi connectivity index (χ2n) is 11.6. The van der Waals surface area contributed by atoms with Gasteiger partial charge in [0.1, 0.15) is 0 Å². The normalized spacial score (nSPS) is 14.1. The zero-order valence-electron chi connectivity index (χ0n) is 24.5. The molecule has 10 heteroatoms. The van der Waals surface area contributed by atoms with Crippen molar-refractivity contribution in [1.82, 2.24) is 0 Å². The Bertz CT molecular complexity index is 945. The van der Waals surface area contributed by atoms with Crippen LogP contribution in [-0.2, 0) is 26.7 Å². The van der Waals surface area contributed by atoms with Crippen molar-refractivity contribution < 1.29 is 26.7 Å². The van der Waals surface area contributed by atoms with Crippen molar-refractivity contribution in [2.75, 3.05) is 6.61 Å². The minimum absolute atomic E-state index is 0.118. The Balaban J connectivity index is 2.95. The summed E-state index contributed by atoms with van der Waals surface area (Å²) in [5.41, 5.74) is 1.02. The molecule has 0 spiro atoms. The highest BCUT2D eigenvalue weighted by Gasteiger charge is 2.47. The number of Topliss-reactive ketones (excluding diaryl/α,β-unsaturated/α-hetero) is 1. The maximum atomic E-state index is 12.0. The SMILES string of the molecule is C=C(C)C(=O)CCC[Si](C)(C)O[Si](C)(O[Si](C)(C)O[Si](C)(C)CCCOC(=O)C(=C)C)c1ccccc1. The van der Waals surface area contributed by atoms with Crippen LogP contribution in [0.1, 0.15) is 33.1 Å². The molecule has 0 aliphatic heterocycles. The first kappa shape index (κ1) is 33.6. The van der Waals surface area contributed by atoms with E-state index in [4.69, 9.17) is 17.1 Å². The summed E-state index contributed by atoms with van der Waals surface area (Å²) < 4.78 is 25.9. The topological polar surface area (TPSA) is 71.1 Å². The average molecular weight is 581 g/mol. The molecular weight excluding hydrogens is 533 g/mol. The fourth-order valence-electron chi connectivity index (χ4n) is 4.34. The third-order valence-corrected chi connectivity index (χ3v) is 21.9. The van der Waals surface area contributed by atoms with Crippen LogP contribution in [-0.4, -0.2) is 52.1 Å². The van der Waals surface area contributed by atoms with E-state index >= 15 is 0 Å². The van der Waals surface area contributed by atoms with Gasteiger partial charge in [-0.2, -0.15) is 0 Å². The Morgan fingerprint density at radius 3 is 1.84 bits per heavy atom. The minimum atomic E-state index is -2.82. The second kappa shape index (κ2) is 14.1. The lowest BCUT2D eigenvalue weighted by Crippen LogP contribution is -2.63. The summed E-state index contributed by atoms with van der Waals surface area (Å²) in [5.74, 6) is -0.233. The van der Waals surface area contributed by atoms with E-state index < -0.39 is 33.8 Å². The molecule has 37 heavy (non-hydrogen) atoms. The van der Waals surface area contributed by atoms with E-state index in [1.807, 2.05) is 18.2 Å². The Hall–Kier alpha value is -1.41. The van der Waals surface area contributed by atoms with Crippen molar-refractivity contribution in [3.63, 3.8) is 0 Å². The minimum Gasteiger partial charge on any atom is -0.462 e. The second-order valence-corrected chi connectivity index (χ2v) is 27.4. The molecule has 0 saturated carbocycles. The van der Waals surface area contributed by atoms with Gasteiger partial charge in [-0.1, -0.05) is 43.5 Å². The van der Waals surface area contributed by atoms with Crippen LogP contribution in [0, 0.1) is 0 Å². The molecule has 0 aromatic heterocycles. The van der Waals surface area contributed by atoms with Crippen LogP contribution >= 0.6 is 0 Å². The summed E-state index contributed by atoms with van der Waals surface area (Å²) in [5, 5.41) is 1.09. The summed E-state index contributed by atoms with van der Waals surface area (Å²) >= 11 is 0. The standard InChI is InChI=1S/C27H48O6Si4/c1-23(2)26(28)19-15-21-35(7,8)32-37(11,25-17-13-12-14-18-25)33-36(9,10)31-34(5,6)22-16-20-30-27(29)24(3)4/h12-14,17-18H,1,3,15-16,19-22H2,2,4-11H3. The van der Waals surface area contributed by atoms with Gasteiger partial charge in [-0.25, -0.2) is 4.79 Å². The Kier molecular flexibility index (Phi) is 12.8. The molecule has 1 rings (SSSR count). The molecule has 0 N–H and O–H groups in total. The highest BCUT2D eigenvalue weighted by atomic mass is 28.5. The van der Waals surface area contributed by atoms with Gasteiger partial charge in [0.15, 0.2) is 22.4 Å². The van der Waals surface area contributed by atoms with Crippen molar-refractivity contribution in [2.24, 2.45) is 0 Å². The Labute approximate surface area is 229 Å². The zero-order chi connectivity index (χ0) is 28.5. The lowest BCUT2D eigenvalue weighted by molar-refractivity contribution is -0.138. The number of esters is 1. The van der Waals surface area contributed by atoms with Crippen molar-refractivity contribution in [3.8, 4) is 0 Å². The first-order valence-corrected chi connectivity index (χ1v) is 24.4. The number of carbonyl (C=O) groups excluding carboxylic acids is 2. The van der Waals surface area contributed by atoms with Gasteiger partial charge in [-0.15, -0.1) is 0 Å². The number of hydrogen-bond donors (Lipinski definition) is 0. The van der Waals surface area contributed by atoms with Gasteiger partial charge in [-0.05, 0) is 95.4 Å². The van der Waals surface area contributed by atoms with E-state index in [9.17, 15) is 9.59 Å². The molecule has 1 atom stereocenters. The molecule has 0 heterocycles. The molecule has 0 fully saturated rings. The summed E-state index contributed by atoms with van der Waals surface area (Å²) in [4.78, 5) is 23.7. The van der Waals surface area contributed by atoms with Crippen molar-refractivity contribution in [1.29, 1.82) is 0 Å². The first-order valence-electron chi connectivity index (χ1n) is 13.1. The molecule has 6 nitrogen and oxygen atoms in total. The molecule has 1 aromatic rings. The summed E-state index contributed by atoms with van der Waals surface area (Å²) in [7, 11) is -9.65. The fraction of sp³-hybridized carbons (Fsp3) is 0.556. The van der Waals surface area contributed by atoms with Crippen LogP contribution < -0.4 is 5.19 Å². The van der Waals surface area contributed by atoms with Gasteiger partial charge in [-0.3, -0.25) is 4.79 Å². The summed E-state index contributed by atoms with van der Waals surface area (Å²) in [6, 6.07) is 11.9. The number of carbonyl (C=O) groups is 2. The third-order valence-electron chi connectivity index (χ3n) is 5.90. The van der Waals surface area contributed by atoms with E-state index in [2.05, 4.69) is 71.1 Å². The van der Waals surface area contributed by atoms with Gasteiger partial charge < -0.3 is 17.1 Å². The molecule has 0 aliphatic rings. The highest BCUT2D eigenvalue weighted by Crippen LogP contribution is 2.28. The number of ketones is 1. The number of rotatable bonds is 17. The molecule has 208 valence electrons. The average Bonchev–Trinajstić information content (AvgIpc) is 2.75. The summed E-state index contributed by atoms with van der Waals surface area (Å²) in [6.07, 6.45) is 2.04. The molecule has 1 aromatic carbocycles. The van der Waals surface area contributed by atoms with E-state index in [1.165, 1.54) is 0 Å². The van der Waals surface area contributed by atoms with E-state index in [1.54, 1.807) is 13.8 Å². The number of hydrogen-bond acceptors (Lipinski definition) is 6. The summed E-state index contributed by atoms with van der Waals surface area (Å²) in [6.45, 7) is 26.3. The highest BCUT2D eigenvalue weighted by molar-refractivity contribution is 6.95. The van der Waals surface area contributed by atoms with Crippen LogP contribution in [0.5, 0.6) is 0 Å². The lowest BCUT2D eigenvalue weighted by atomic mass is 10.1. The number of benzene rings is 1. The quantitative estimate of drug-likeness (QED) is 0.0899. The van der Waals surface area contributed by atoms with Crippen molar-refractivity contribution in [2.45, 2.75) is 91.0 Å². The van der Waals surface area contributed by atoms with Gasteiger partial charge in [0.05, 0.1) is 6.61 Å². The van der Waals surface area contributed by atoms with Gasteiger partial charge in [0, 0.05) is 12.0 Å². The fourth-order valence-corrected chi connectivity index (χ4v) is 23.3. The Morgan fingerprint density at radius 1 is 0.757 bits per heavy atom. The smallest absolute Gasteiger partial charge is 0.350 e. The van der Waals surface area contributed by atoms with Crippen LogP contribution in [0.2, 0.25) is 57.9 Å². The van der Waals surface area contributed by atoms with Gasteiger partial charge in [0.25, 0.3) is 0 Å². The van der Waals surface area contributed by atoms with E-state index in [-0.39, 0.29) is 11.8 Å². The molecule has 0 aliphatic carbocycles. The van der Waals surface area contributed by atoms with Crippen LogP contribution in [0.15, 0.2) is 54.6 Å². The predicted molar refractivity (Wildman–Crippen MR) is 162 cm³/mol. The van der Waals surface area contributed by atoms with Gasteiger partial charge in [0.2, 0.25) is 0 Å². The van der Waals surface area contributed by atoms with Crippen molar-refractivity contribution in [3.05, 3.63) is 54.6 Å². The monoisotopic (exact) mass is 580 g/mol. The van der Waals surface area contributed by atoms with E-state index in [0.29, 0.717) is 24.2 Å². The predicted octanol–water partition coefficient (Wildman–Crippen LogP) is 6.56. The van der Waals surface area contributed by atoms with Crippen LogP contribution in [0.3, 0.4) is 0 Å². The maximum Gasteiger partial charge on any atom is 0.350 e. The van der Waals surface area contributed by atoms with Crippen molar-refractivity contribution >= 4 is 50.7 Å². The third kappa shape index (κ3) is 12.8. The van der Waals surface area contributed by atoms with Crippen LogP contribution in [0.4, 0.5) is 0 Å².